The van der Waals surface area contributed by atoms with E-state index in [0.29, 0.717) is 0 Å². The van der Waals surface area contributed by atoms with E-state index in [1.165, 1.54) is 60.0 Å². The molecule has 0 unspecified atom stereocenters. The number of hydrogen-bond donors (Lipinski definition) is 0. The molecule has 5 aromatic heterocycles. The number of rotatable bonds is 4. The average Bonchev–Trinajstić information content (AvgIpc) is 4.17. The number of furan rings is 2. The summed E-state index contributed by atoms with van der Waals surface area (Å²) in [6.45, 7) is 0. The topological polar surface area (TPSA) is 35.6 Å². The van der Waals surface area contributed by atoms with Gasteiger partial charge in [0.2, 0.25) is 0 Å². The standard InChI is InChI=1S/C60H34N2O2/c1-5-19-52-42(11-1)50-33-38(34-51-43-12-2-6-20-53(43)62(52)58(50)51)35-23-27-39(28-24-35)61-54-29-25-36(40-15-9-17-46-44-13-3-7-21-56(44)63-59(40)46)31-48(54)49-32-37(26-30-55(49)61)41-16-10-18-47-45-14-4-8-22-57(45)64-60(41)47/h1-34H. The van der Waals surface area contributed by atoms with Gasteiger partial charge in [0.05, 0.1) is 27.6 Å². The highest BCUT2D eigenvalue weighted by Crippen LogP contribution is 2.44. The summed E-state index contributed by atoms with van der Waals surface area (Å²) in [6.07, 6.45) is 0. The molecule has 0 atom stereocenters. The van der Waals surface area contributed by atoms with Crippen LogP contribution in [0.25, 0.3) is 143 Å². The minimum Gasteiger partial charge on any atom is -0.455 e. The Morgan fingerprint density at radius 2 is 0.719 bits per heavy atom. The molecular weight excluding hydrogens is 781 g/mol. The van der Waals surface area contributed by atoms with Gasteiger partial charge in [-0.2, -0.15) is 0 Å². The molecule has 15 rings (SSSR count). The van der Waals surface area contributed by atoms with Gasteiger partial charge >= 0.3 is 0 Å². The predicted molar refractivity (Wildman–Crippen MR) is 266 cm³/mol. The normalized spacial score (nSPS) is 12.4. The van der Waals surface area contributed by atoms with Gasteiger partial charge in [-0.1, -0.05) is 133 Å². The minimum atomic E-state index is 0.899. The molecule has 5 heterocycles. The highest BCUT2D eigenvalue weighted by atomic mass is 16.3. The van der Waals surface area contributed by atoms with Gasteiger partial charge in [0.1, 0.15) is 22.3 Å². The van der Waals surface area contributed by atoms with Crippen molar-refractivity contribution in [3.05, 3.63) is 206 Å². The largest absolute Gasteiger partial charge is 0.455 e. The van der Waals surface area contributed by atoms with Crippen molar-refractivity contribution in [2.75, 3.05) is 0 Å². The van der Waals surface area contributed by atoms with Gasteiger partial charge in [0.15, 0.2) is 0 Å². The van der Waals surface area contributed by atoms with Crippen LogP contribution in [0, 0.1) is 0 Å². The number of para-hydroxylation sites is 6. The third-order valence-corrected chi connectivity index (χ3v) is 13.9. The molecule has 0 aliphatic rings. The molecule has 0 aliphatic heterocycles. The third kappa shape index (κ3) is 4.56. The monoisotopic (exact) mass is 814 g/mol. The van der Waals surface area contributed by atoms with E-state index in [2.05, 4.69) is 203 Å². The molecule has 10 aromatic carbocycles. The maximum Gasteiger partial charge on any atom is 0.143 e. The zero-order chi connectivity index (χ0) is 41.6. The van der Waals surface area contributed by atoms with E-state index in [-0.39, 0.29) is 0 Å². The zero-order valence-corrected chi connectivity index (χ0v) is 34.3. The molecule has 0 aliphatic carbocycles. The fourth-order valence-electron chi connectivity index (χ4n) is 11.0. The van der Waals surface area contributed by atoms with Crippen molar-refractivity contribution >= 4 is 104 Å². The van der Waals surface area contributed by atoms with Gasteiger partial charge in [-0.3, -0.25) is 0 Å². The van der Waals surface area contributed by atoms with Crippen molar-refractivity contribution in [1.29, 1.82) is 0 Å². The average molecular weight is 815 g/mol. The van der Waals surface area contributed by atoms with Crippen LogP contribution in [0.3, 0.4) is 0 Å². The van der Waals surface area contributed by atoms with Crippen LogP contribution in [-0.2, 0) is 0 Å². The van der Waals surface area contributed by atoms with Crippen LogP contribution in [0.5, 0.6) is 0 Å². The van der Waals surface area contributed by atoms with Crippen molar-refractivity contribution in [3.8, 4) is 39.1 Å². The summed E-state index contributed by atoms with van der Waals surface area (Å²) in [5.41, 5.74) is 17.6. The lowest BCUT2D eigenvalue weighted by Gasteiger charge is -2.11. The van der Waals surface area contributed by atoms with E-state index in [0.717, 1.165) is 82.9 Å². The number of nitrogens with zero attached hydrogens (tertiary/aromatic N) is 2. The van der Waals surface area contributed by atoms with Crippen molar-refractivity contribution in [1.82, 2.24) is 8.97 Å². The quantitative estimate of drug-likeness (QED) is 0.177. The Morgan fingerprint density at radius 1 is 0.281 bits per heavy atom. The SMILES string of the molecule is c1ccc2c(c1)oc1c(-c3ccc4c(c3)c3cc(-c5cccc6c5oc5ccccc56)ccc3n4-c3ccc(-c4cc5c6ccccc6n6c7ccccc7c(c4)c56)cc3)cccc12. The molecule has 4 nitrogen and oxygen atoms in total. The summed E-state index contributed by atoms with van der Waals surface area (Å²) in [5.74, 6) is 0. The fourth-order valence-corrected chi connectivity index (χ4v) is 11.0. The van der Waals surface area contributed by atoms with Gasteiger partial charge in [-0.25, -0.2) is 0 Å². The molecule has 4 heteroatoms. The Morgan fingerprint density at radius 3 is 1.25 bits per heavy atom. The minimum absolute atomic E-state index is 0.899. The summed E-state index contributed by atoms with van der Waals surface area (Å²) in [6, 6.07) is 74.8. The van der Waals surface area contributed by atoms with Gasteiger partial charge < -0.3 is 17.8 Å². The van der Waals surface area contributed by atoms with E-state index in [4.69, 9.17) is 8.83 Å². The van der Waals surface area contributed by atoms with Crippen LogP contribution >= 0.6 is 0 Å². The second-order valence-corrected chi connectivity index (χ2v) is 17.2. The van der Waals surface area contributed by atoms with Gasteiger partial charge in [0, 0.05) is 70.7 Å². The van der Waals surface area contributed by atoms with Crippen molar-refractivity contribution in [2.24, 2.45) is 0 Å². The summed E-state index contributed by atoms with van der Waals surface area (Å²) < 4.78 is 18.0. The molecule has 0 fully saturated rings. The maximum absolute atomic E-state index is 6.56. The first kappa shape index (κ1) is 34.0. The van der Waals surface area contributed by atoms with Crippen LogP contribution < -0.4 is 0 Å². The molecule has 296 valence electrons. The molecule has 0 N–H and O–H groups in total. The Labute approximate surface area is 365 Å². The van der Waals surface area contributed by atoms with E-state index in [1.54, 1.807) is 0 Å². The van der Waals surface area contributed by atoms with Gasteiger partial charge in [-0.05, 0) is 95.1 Å². The number of hydrogen-bond acceptors (Lipinski definition) is 2. The molecule has 0 spiro atoms. The van der Waals surface area contributed by atoms with Crippen LogP contribution in [0.15, 0.2) is 215 Å². The fraction of sp³-hybridized carbons (Fsp3) is 0. The van der Waals surface area contributed by atoms with Crippen LogP contribution in [0.1, 0.15) is 0 Å². The molecule has 15 aromatic rings. The van der Waals surface area contributed by atoms with Crippen LogP contribution in [-0.4, -0.2) is 8.97 Å². The summed E-state index contributed by atoms with van der Waals surface area (Å²) in [5, 5.41) is 12.0. The van der Waals surface area contributed by atoms with E-state index in [1.807, 2.05) is 12.1 Å². The first-order valence-corrected chi connectivity index (χ1v) is 21.9. The van der Waals surface area contributed by atoms with E-state index < -0.39 is 0 Å². The second-order valence-electron chi connectivity index (χ2n) is 17.2. The van der Waals surface area contributed by atoms with Crippen molar-refractivity contribution in [2.45, 2.75) is 0 Å². The number of fused-ring (bicyclic) bond motifs is 15. The molecule has 0 radical (unpaired) electrons. The van der Waals surface area contributed by atoms with Gasteiger partial charge in [-0.15, -0.1) is 0 Å². The highest BCUT2D eigenvalue weighted by Gasteiger charge is 2.21. The number of benzene rings is 10. The molecule has 64 heavy (non-hydrogen) atoms. The Kier molecular flexibility index (Phi) is 6.65. The molecule has 0 saturated carbocycles. The van der Waals surface area contributed by atoms with E-state index in [9.17, 15) is 0 Å². The van der Waals surface area contributed by atoms with E-state index >= 15 is 0 Å². The lowest BCUT2D eigenvalue weighted by molar-refractivity contribution is 0.669. The molecule has 0 amide bonds. The molecular formula is C60H34N2O2. The van der Waals surface area contributed by atoms with Gasteiger partial charge in [0.25, 0.3) is 0 Å². The zero-order valence-electron chi connectivity index (χ0n) is 34.3. The first-order chi connectivity index (χ1) is 31.7. The van der Waals surface area contributed by atoms with Crippen LogP contribution in [0.4, 0.5) is 0 Å². The highest BCUT2D eigenvalue weighted by molar-refractivity contribution is 6.24. The lowest BCUT2D eigenvalue weighted by atomic mass is 9.98. The Hall–Kier alpha value is -8.60. The summed E-state index contributed by atoms with van der Waals surface area (Å²) >= 11 is 0. The third-order valence-electron chi connectivity index (χ3n) is 13.9. The Bertz CT molecular complexity index is 4170. The maximum atomic E-state index is 6.56. The van der Waals surface area contributed by atoms with Crippen molar-refractivity contribution < 1.29 is 8.83 Å². The number of aromatic nitrogens is 2. The smallest absolute Gasteiger partial charge is 0.143 e. The lowest BCUT2D eigenvalue weighted by Crippen LogP contribution is -1.94. The first-order valence-electron chi connectivity index (χ1n) is 21.9. The molecule has 0 bridgehead atoms. The summed E-state index contributed by atoms with van der Waals surface area (Å²) in [4.78, 5) is 0. The second kappa shape index (κ2) is 12.5. The predicted octanol–water partition coefficient (Wildman–Crippen LogP) is 16.7. The van der Waals surface area contributed by atoms with Crippen LogP contribution in [0.2, 0.25) is 0 Å². The summed E-state index contributed by atoms with van der Waals surface area (Å²) in [7, 11) is 0. The van der Waals surface area contributed by atoms with Crippen molar-refractivity contribution in [3.63, 3.8) is 0 Å². The Balaban J connectivity index is 0.933. The molecule has 0 saturated heterocycles.